The standard InChI is InChI=1S/C19H29N3O2/c1-4-5-6-11-20-18(23)14-21-12-13-22(19(21)24)17-9-7-16(8-10-17)15(2)3/h7-10,15H,4-6,11-14H2,1-3H3,(H,20,23). The molecule has 1 saturated heterocycles. The van der Waals surface area contributed by atoms with E-state index >= 15 is 0 Å². The monoisotopic (exact) mass is 331 g/mol. The summed E-state index contributed by atoms with van der Waals surface area (Å²) in [4.78, 5) is 27.8. The maximum atomic E-state index is 12.5. The van der Waals surface area contributed by atoms with E-state index in [1.165, 1.54) is 5.56 Å². The summed E-state index contributed by atoms with van der Waals surface area (Å²) in [6.45, 7) is 8.48. The minimum Gasteiger partial charge on any atom is -0.355 e. The van der Waals surface area contributed by atoms with Gasteiger partial charge in [-0.05, 0) is 30.0 Å². The highest BCUT2D eigenvalue weighted by Gasteiger charge is 2.30. The Bertz CT molecular complexity index is 554. The van der Waals surface area contributed by atoms with Crippen LogP contribution in [0.3, 0.4) is 0 Å². The molecule has 2 rings (SSSR count). The number of benzene rings is 1. The Balaban J connectivity index is 1.86. The fourth-order valence-electron chi connectivity index (χ4n) is 2.84. The number of carbonyl (C=O) groups excluding carboxylic acids is 2. The number of unbranched alkanes of at least 4 members (excludes halogenated alkanes) is 2. The first-order chi connectivity index (χ1) is 11.5. The van der Waals surface area contributed by atoms with Gasteiger partial charge in [0.15, 0.2) is 0 Å². The number of amides is 3. The molecule has 0 atom stereocenters. The van der Waals surface area contributed by atoms with Gasteiger partial charge in [0.25, 0.3) is 0 Å². The Morgan fingerprint density at radius 2 is 1.88 bits per heavy atom. The van der Waals surface area contributed by atoms with Gasteiger partial charge in [0.2, 0.25) is 5.91 Å². The number of nitrogens with zero attached hydrogens (tertiary/aromatic N) is 2. The third-order valence-electron chi connectivity index (χ3n) is 4.40. The molecule has 0 spiro atoms. The first kappa shape index (κ1) is 18.3. The van der Waals surface area contributed by atoms with Crippen molar-refractivity contribution in [3.63, 3.8) is 0 Å². The molecule has 3 amide bonds. The number of rotatable bonds is 8. The van der Waals surface area contributed by atoms with Gasteiger partial charge in [0.05, 0.1) is 0 Å². The topological polar surface area (TPSA) is 52.7 Å². The van der Waals surface area contributed by atoms with Crippen LogP contribution in [0.1, 0.15) is 51.5 Å². The molecule has 1 aliphatic heterocycles. The summed E-state index contributed by atoms with van der Waals surface area (Å²) in [6, 6.07) is 8.02. The van der Waals surface area contributed by atoms with Gasteiger partial charge < -0.3 is 10.2 Å². The molecule has 0 saturated carbocycles. The van der Waals surface area contributed by atoms with Crippen LogP contribution < -0.4 is 10.2 Å². The van der Waals surface area contributed by atoms with Gasteiger partial charge in [-0.2, -0.15) is 0 Å². The van der Waals surface area contributed by atoms with Crippen LogP contribution in [0.5, 0.6) is 0 Å². The zero-order valence-electron chi connectivity index (χ0n) is 15.0. The number of nitrogens with one attached hydrogen (secondary N) is 1. The van der Waals surface area contributed by atoms with Crippen LogP contribution in [0.25, 0.3) is 0 Å². The van der Waals surface area contributed by atoms with Crippen molar-refractivity contribution in [3.05, 3.63) is 29.8 Å². The average molecular weight is 331 g/mol. The third-order valence-corrected chi connectivity index (χ3v) is 4.40. The molecule has 0 radical (unpaired) electrons. The molecule has 1 aromatic rings. The fraction of sp³-hybridized carbons (Fsp3) is 0.579. The molecular weight excluding hydrogens is 302 g/mol. The van der Waals surface area contributed by atoms with Crippen molar-refractivity contribution >= 4 is 17.6 Å². The van der Waals surface area contributed by atoms with Crippen molar-refractivity contribution in [1.82, 2.24) is 10.2 Å². The lowest BCUT2D eigenvalue weighted by atomic mass is 10.0. The Morgan fingerprint density at radius 1 is 1.17 bits per heavy atom. The minimum atomic E-state index is -0.0870. The number of hydrogen-bond acceptors (Lipinski definition) is 2. The van der Waals surface area contributed by atoms with Gasteiger partial charge in [0, 0.05) is 25.3 Å². The van der Waals surface area contributed by atoms with E-state index in [1.54, 1.807) is 9.80 Å². The van der Waals surface area contributed by atoms with Crippen LogP contribution in [0.2, 0.25) is 0 Å². The molecule has 1 heterocycles. The van der Waals surface area contributed by atoms with Crippen LogP contribution in [-0.2, 0) is 4.79 Å². The lowest BCUT2D eigenvalue weighted by molar-refractivity contribution is -0.121. The molecule has 24 heavy (non-hydrogen) atoms. The second-order valence-corrected chi connectivity index (χ2v) is 6.66. The normalized spacial score (nSPS) is 14.6. The molecule has 0 aliphatic carbocycles. The van der Waals surface area contributed by atoms with Crippen LogP contribution in [0.4, 0.5) is 10.5 Å². The summed E-state index contributed by atoms with van der Waals surface area (Å²) in [6.07, 6.45) is 3.23. The first-order valence-electron chi connectivity index (χ1n) is 8.96. The number of anilines is 1. The molecule has 1 fully saturated rings. The molecule has 132 valence electrons. The molecule has 1 N–H and O–H groups in total. The summed E-state index contributed by atoms with van der Waals surface area (Å²) in [5, 5.41) is 2.89. The fourth-order valence-corrected chi connectivity index (χ4v) is 2.84. The van der Waals surface area contributed by atoms with Gasteiger partial charge in [-0.15, -0.1) is 0 Å². The highest BCUT2D eigenvalue weighted by Crippen LogP contribution is 2.23. The van der Waals surface area contributed by atoms with Crippen LogP contribution in [0.15, 0.2) is 24.3 Å². The largest absolute Gasteiger partial charge is 0.355 e. The van der Waals surface area contributed by atoms with Gasteiger partial charge in [-0.3, -0.25) is 9.69 Å². The molecule has 5 heteroatoms. The minimum absolute atomic E-state index is 0.0727. The Labute approximate surface area is 145 Å². The lowest BCUT2D eigenvalue weighted by Gasteiger charge is -2.19. The third kappa shape index (κ3) is 4.73. The molecule has 1 aliphatic rings. The molecular formula is C19H29N3O2. The zero-order valence-corrected chi connectivity index (χ0v) is 15.0. The molecule has 0 aromatic heterocycles. The van der Waals surface area contributed by atoms with Crippen LogP contribution in [-0.4, -0.2) is 43.0 Å². The number of carbonyl (C=O) groups is 2. The van der Waals surface area contributed by atoms with Crippen molar-refractivity contribution in [3.8, 4) is 0 Å². The van der Waals surface area contributed by atoms with Crippen molar-refractivity contribution in [1.29, 1.82) is 0 Å². The maximum Gasteiger partial charge on any atom is 0.325 e. The van der Waals surface area contributed by atoms with E-state index in [0.29, 0.717) is 25.6 Å². The van der Waals surface area contributed by atoms with Crippen molar-refractivity contribution < 1.29 is 9.59 Å². The highest BCUT2D eigenvalue weighted by atomic mass is 16.2. The van der Waals surface area contributed by atoms with E-state index < -0.39 is 0 Å². The van der Waals surface area contributed by atoms with Gasteiger partial charge >= 0.3 is 6.03 Å². The second-order valence-electron chi connectivity index (χ2n) is 6.66. The predicted molar refractivity (Wildman–Crippen MR) is 97.4 cm³/mol. The quantitative estimate of drug-likeness (QED) is 0.743. The summed E-state index contributed by atoms with van der Waals surface area (Å²) in [5.41, 5.74) is 2.16. The van der Waals surface area contributed by atoms with Crippen molar-refractivity contribution in [2.75, 3.05) is 31.1 Å². The highest BCUT2D eigenvalue weighted by molar-refractivity contribution is 5.96. The zero-order chi connectivity index (χ0) is 17.5. The molecule has 0 bridgehead atoms. The molecule has 1 aromatic carbocycles. The molecule has 0 unspecified atom stereocenters. The van der Waals surface area contributed by atoms with E-state index in [1.807, 2.05) is 12.1 Å². The first-order valence-corrected chi connectivity index (χ1v) is 8.96. The van der Waals surface area contributed by atoms with Gasteiger partial charge in [-0.25, -0.2) is 4.79 Å². The summed E-state index contributed by atoms with van der Waals surface area (Å²) < 4.78 is 0. The second kappa shape index (κ2) is 8.71. The Morgan fingerprint density at radius 3 is 2.50 bits per heavy atom. The van der Waals surface area contributed by atoms with Crippen LogP contribution in [0, 0.1) is 0 Å². The van der Waals surface area contributed by atoms with E-state index in [4.69, 9.17) is 0 Å². The molecule has 5 nitrogen and oxygen atoms in total. The summed E-state index contributed by atoms with van der Waals surface area (Å²) >= 11 is 0. The average Bonchev–Trinajstić information content (AvgIpc) is 2.92. The van der Waals surface area contributed by atoms with Gasteiger partial charge in [0.1, 0.15) is 6.54 Å². The van der Waals surface area contributed by atoms with E-state index in [9.17, 15) is 9.59 Å². The van der Waals surface area contributed by atoms with E-state index in [2.05, 4.69) is 38.2 Å². The lowest BCUT2D eigenvalue weighted by Crippen LogP contribution is -2.40. The Hall–Kier alpha value is -2.04. The summed E-state index contributed by atoms with van der Waals surface area (Å²) in [7, 11) is 0. The SMILES string of the molecule is CCCCCNC(=O)CN1CCN(c2ccc(C(C)C)cc2)C1=O. The van der Waals surface area contributed by atoms with Crippen molar-refractivity contribution in [2.24, 2.45) is 0 Å². The number of urea groups is 1. The number of hydrogen-bond donors (Lipinski definition) is 1. The van der Waals surface area contributed by atoms with Crippen molar-refractivity contribution in [2.45, 2.75) is 46.0 Å². The van der Waals surface area contributed by atoms with E-state index in [-0.39, 0.29) is 18.5 Å². The van der Waals surface area contributed by atoms with Gasteiger partial charge in [-0.1, -0.05) is 45.7 Å². The summed E-state index contributed by atoms with van der Waals surface area (Å²) in [5.74, 6) is 0.401. The van der Waals surface area contributed by atoms with Crippen LogP contribution >= 0.6 is 0 Å². The predicted octanol–water partition coefficient (Wildman–Crippen LogP) is 3.36. The Kier molecular flexibility index (Phi) is 6.64. The smallest absolute Gasteiger partial charge is 0.325 e. The van der Waals surface area contributed by atoms with E-state index in [0.717, 1.165) is 24.9 Å². The maximum absolute atomic E-state index is 12.5.